The van der Waals surface area contributed by atoms with E-state index in [-0.39, 0.29) is 22.4 Å². The Bertz CT molecular complexity index is 1200. The monoisotopic (exact) mass is 469 g/mol. The second-order valence-electron chi connectivity index (χ2n) is 7.82. The summed E-state index contributed by atoms with van der Waals surface area (Å²) in [7, 11) is 0.213. The van der Waals surface area contributed by atoms with Crippen LogP contribution in [-0.4, -0.2) is 60.9 Å². The molecular weight excluding hydrogens is 442 g/mol. The highest BCUT2D eigenvalue weighted by Gasteiger charge is 2.19. The van der Waals surface area contributed by atoms with Crippen LogP contribution in [0.4, 0.5) is 11.5 Å². The summed E-state index contributed by atoms with van der Waals surface area (Å²) in [5.41, 5.74) is 7.29. The molecule has 3 rings (SSSR count). The zero-order valence-corrected chi connectivity index (χ0v) is 19.5. The minimum absolute atomic E-state index is 0.0183. The van der Waals surface area contributed by atoms with Gasteiger partial charge in [0.2, 0.25) is 10.0 Å². The van der Waals surface area contributed by atoms with Crippen LogP contribution in [-0.2, 0) is 10.0 Å². The van der Waals surface area contributed by atoms with Gasteiger partial charge >= 0.3 is 0 Å². The molecule has 11 heteroatoms. The van der Waals surface area contributed by atoms with Crippen LogP contribution in [0.3, 0.4) is 0 Å². The summed E-state index contributed by atoms with van der Waals surface area (Å²) >= 11 is 0. The Balaban J connectivity index is 1.76. The largest absolute Gasteiger partial charge is 0.382 e. The summed E-state index contributed by atoms with van der Waals surface area (Å²) in [6.07, 6.45) is 5.21. The zero-order chi connectivity index (χ0) is 24.0. The van der Waals surface area contributed by atoms with E-state index in [0.717, 1.165) is 6.54 Å². The summed E-state index contributed by atoms with van der Waals surface area (Å²) in [5, 5.41) is 2.67. The van der Waals surface area contributed by atoms with Crippen LogP contribution >= 0.6 is 0 Å². The number of anilines is 2. The molecule has 0 aliphatic heterocycles. The highest BCUT2D eigenvalue weighted by molar-refractivity contribution is 7.89. The number of pyridine rings is 1. The number of carbonyl (C=O) groups excluding carboxylic acids is 1. The van der Waals surface area contributed by atoms with Crippen molar-refractivity contribution < 1.29 is 13.2 Å². The van der Waals surface area contributed by atoms with Gasteiger partial charge in [0.1, 0.15) is 0 Å². The van der Waals surface area contributed by atoms with E-state index in [1.807, 2.05) is 25.9 Å². The summed E-state index contributed by atoms with van der Waals surface area (Å²) in [5.74, 6) is -0.541. The van der Waals surface area contributed by atoms with E-state index in [1.54, 1.807) is 30.5 Å². The van der Waals surface area contributed by atoms with Crippen molar-refractivity contribution in [3.63, 3.8) is 0 Å². The fourth-order valence-electron chi connectivity index (χ4n) is 2.98. The molecule has 2 heterocycles. The van der Waals surface area contributed by atoms with E-state index < -0.39 is 15.9 Å². The minimum atomic E-state index is -3.66. The van der Waals surface area contributed by atoms with Crippen LogP contribution in [0.1, 0.15) is 23.8 Å². The number of amides is 1. The Morgan fingerprint density at radius 3 is 2.52 bits per heavy atom. The maximum atomic E-state index is 12.7. The van der Waals surface area contributed by atoms with Crippen molar-refractivity contribution >= 4 is 27.4 Å². The van der Waals surface area contributed by atoms with Crippen LogP contribution in [0.25, 0.3) is 11.3 Å². The van der Waals surface area contributed by atoms with Gasteiger partial charge in [-0.3, -0.25) is 9.78 Å². The maximum Gasteiger partial charge on any atom is 0.278 e. The lowest BCUT2D eigenvalue weighted by Gasteiger charge is -2.17. The topological polar surface area (TPSA) is 143 Å². The standard InChI is InChI=1S/C22H27N7O3S/c1-15(10-12-29(2)3)28-33(31,32)18-8-6-16(7-9-18)19-14-25-21(23)20(27-19)22(30)26-17-5-4-11-24-13-17/h4-9,11,13-15,28H,10,12H2,1-3H3,(H2,23,25)(H,26,30). The predicted molar refractivity (Wildman–Crippen MR) is 127 cm³/mol. The molecule has 1 aromatic carbocycles. The molecule has 4 N–H and O–H groups in total. The molecule has 10 nitrogen and oxygen atoms in total. The number of rotatable bonds is 9. The Kier molecular flexibility index (Phi) is 7.69. The van der Waals surface area contributed by atoms with E-state index in [9.17, 15) is 13.2 Å². The Labute approximate surface area is 193 Å². The number of nitrogens with two attached hydrogens (primary N) is 1. The molecule has 1 unspecified atom stereocenters. The van der Waals surface area contributed by atoms with Gasteiger partial charge in [0.25, 0.3) is 5.91 Å². The van der Waals surface area contributed by atoms with Gasteiger partial charge in [0, 0.05) is 17.8 Å². The lowest BCUT2D eigenvalue weighted by Crippen LogP contribution is -2.34. The first kappa shape index (κ1) is 24.2. The van der Waals surface area contributed by atoms with E-state index in [0.29, 0.717) is 23.4 Å². The van der Waals surface area contributed by atoms with Crippen LogP contribution in [0.5, 0.6) is 0 Å². The third kappa shape index (κ3) is 6.54. The summed E-state index contributed by atoms with van der Waals surface area (Å²) in [6, 6.07) is 9.37. The third-order valence-electron chi connectivity index (χ3n) is 4.76. The smallest absolute Gasteiger partial charge is 0.278 e. The van der Waals surface area contributed by atoms with Gasteiger partial charge in [-0.05, 0) is 58.3 Å². The molecule has 2 aromatic heterocycles. The fourth-order valence-corrected chi connectivity index (χ4v) is 4.26. The second-order valence-corrected chi connectivity index (χ2v) is 9.54. The molecule has 0 aliphatic rings. The van der Waals surface area contributed by atoms with Crippen molar-refractivity contribution in [1.82, 2.24) is 24.6 Å². The lowest BCUT2D eigenvalue weighted by atomic mass is 10.1. The van der Waals surface area contributed by atoms with Crippen LogP contribution < -0.4 is 15.8 Å². The number of hydrogen-bond donors (Lipinski definition) is 3. The van der Waals surface area contributed by atoms with Crippen molar-refractivity contribution in [2.75, 3.05) is 31.7 Å². The van der Waals surface area contributed by atoms with Crippen LogP contribution in [0, 0.1) is 0 Å². The number of aromatic nitrogens is 3. The SMILES string of the molecule is CC(CCN(C)C)NS(=O)(=O)c1ccc(-c2cnc(N)c(C(=O)Nc3cccnc3)n2)cc1. The number of sulfonamides is 1. The fraction of sp³-hybridized carbons (Fsp3) is 0.273. The average molecular weight is 470 g/mol. The number of nitrogens with zero attached hydrogens (tertiary/aromatic N) is 4. The molecule has 0 spiro atoms. The van der Waals surface area contributed by atoms with Gasteiger partial charge in [-0.2, -0.15) is 0 Å². The molecule has 0 aliphatic carbocycles. The Hall–Kier alpha value is -3.41. The van der Waals surface area contributed by atoms with Gasteiger partial charge in [0.05, 0.1) is 28.7 Å². The molecule has 33 heavy (non-hydrogen) atoms. The van der Waals surface area contributed by atoms with Crippen molar-refractivity contribution in [1.29, 1.82) is 0 Å². The molecule has 0 bridgehead atoms. The maximum absolute atomic E-state index is 12.7. The van der Waals surface area contributed by atoms with E-state index >= 15 is 0 Å². The molecule has 174 valence electrons. The molecule has 3 aromatic rings. The first-order valence-corrected chi connectivity index (χ1v) is 11.8. The van der Waals surface area contributed by atoms with Crippen molar-refractivity contribution in [2.24, 2.45) is 0 Å². The van der Waals surface area contributed by atoms with Crippen LogP contribution in [0.15, 0.2) is 59.9 Å². The Morgan fingerprint density at radius 2 is 1.88 bits per heavy atom. The van der Waals surface area contributed by atoms with E-state index in [4.69, 9.17) is 5.73 Å². The van der Waals surface area contributed by atoms with Gasteiger partial charge in [-0.25, -0.2) is 23.1 Å². The molecule has 0 saturated carbocycles. The van der Waals surface area contributed by atoms with E-state index in [1.165, 1.54) is 24.5 Å². The normalized spacial score (nSPS) is 12.5. The Morgan fingerprint density at radius 1 is 1.15 bits per heavy atom. The van der Waals surface area contributed by atoms with Crippen molar-refractivity contribution in [3.05, 3.63) is 60.7 Å². The number of nitrogens with one attached hydrogen (secondary N) is 2. The van der Waals surface area contributed by atoms with Crippen molar-refractivity contribution in [2.45, 2.75) is 24.3 Å². The summed E-state index contributed by atoms with van der Waals surface area (Å²) < 4.78 is 28.0. The first-order chi connectivity index (χ1) is 15.7. The summed E-state index contributed by atoms with van der Waals surface area (Å²) in [4.78, 5) is 27.1. The van der Waals surface area contributed by atoms with Gasteiger partial charge in [-0.15, -0.1) is 0 Å². The second kappa shape index (κ2) is 10.5. The summed E-state index contributed by atoms with van der Waals surface area (Å²) in [6.45, 7) is 2.60. The predicted octanol–water partition coefficient (Wildman–Crippen LogP) is 1.99. The number of nitrogen functional groups attached to an aromatic ring is 1. The van der Waals surface area contributed by atoms with Gasteiger partial charge in [-0.1, -0.05) is 12.1 Å². The van der Waals surface area contributed by atoms with E-state index in [2.05, 4.69) is 25.0 Å². The lowest BCUT2D eigenvalue weighted by molar-refractivity contribution is 0.102. The minimum Gasteiger partial charge on any atom is -0.382 e. The highest BCUT2D eigenvalue weighted by Crippen LogP contribution is 2.21. The molecule has 1 amide bonds. The molecular formula is C22H27N7O3S. The van der Waals surface area contributed by atoms with Gasteiger partial charge < -0.3 is 16.0 Å². The molecule has 0 fully saturated rings. The highest BCUT2D eigenvalue weighted by atomic mass is 32.2. The molecule has 1 atom stereocenters. The third-order valence-corrected chi connectivity index (χ3v) is 6.37. The molecule has 0 radical (unpaired) electrons. The van der Waals surface area contributed by atoms with Gasteiger partial charge in [0.15, 0.2) is 11.5 Å². The molecule has 0 saturated heterocycles. The van der Waals surface area contributed by atoms with Crippen molar-refractivity contribution in [3.8, 4) is 11.3 Å². The number of hydrogen-bond acceptors (Lipinski definition) is 8. The zero-order valence-electron chi connectivity index (χ0n) is 18.7. The van der Waals surface area contributed by atoms with Crippen LogP contribution in [0.2, 0.25) is 0 Å². The first-order valence-electron chi connectivity index (χ1n) is 10.3. The average Bonchev–Trinajstić information content (AvgIpc) is 2.78. The quantitative estimate of drug-likeness (QED) is 0.432. The number of carbonyl (C=O) groups is 1. The number of benzene rings is 1.